The summed E-state index contributed by atoms with van der Waals surface area (Å²) >= 11 is 0. The van der Waals surface area contributed by atoms with Gasteiger partial charge in [0.05, 0.1) is 11.3 Å². The van der Waals surface area contributed by atoms with E-state index in [1.165, 1.54) is 18.6 Å². The van der Waals surface area contributed by atoms with Crippen LogP contribution in [-0.2, 0) is 22.0 Å². The molecule has 0 aliphatic carbocycles. The van der Waals surface area contributed by atoms with Gasteiger partial charge in [-0.05, 0) is 42.9 Å². The molecular formula is C18H27F3N2O2S. The van der Waals surface area contributed by atoms with E-state index in [2.05, 4.69) is 23.5 Å². The molecule has 1 aromatic carbocycles. The number of halogens is 3. The van der Waals surface area contributed by atoms with Crippen LogP contribution in [0.15, 0.2) is 24.3 Å². The molecule has 1 aromatic rings. The molecule has 2 atom stereocenters. The summed E-state index contributed by atoms with van der Waals surface area (Å²) in [5, 5.41) is 0. The van der Waals surface area contributed by atoms with E-state index in [1.807, 2.05) is 0 Å². The summed E-state index contributed by atoms with van der Waals surface area (Å²) in [6, 6.07) is 4.44. The Hall–Kier alpha value is -1.12. The number of nitrogens with zero attached hydrogens (tertiary/aromatic N) is 1. The Bertz CT molecular complexity index is 682. The van der Waals surface area contributed by atoms with Crippen molar-refractivity contribution in [1.29, 1.82) is 0 Å². The second-order valence-corrected chi connectivity index (χ2v) is 9.22. The molecule has 8 heteroatoms. The molecular weight excluding hydrogens is 365 g/mol. The zero-order valence-corrected chi connectivity index (χ0v) is 16.0. The maximum Gasteiger partial charge on any atom is 0.416 e. The molecule has 0 aromatic heterocycles. The Morgan fingerprint density at radius 2 is 1.85 bits per heavy atom. The molecule has 2 rings (SSSR count). The molecule has 1 aliphatic rings. The normalized spacial score (nSPS) is 22.5. The minimum atomic E-state index is -4.48. The average Bonchev–Trinajstić information content (AvgIpc) is 2.50. The Labute approximate surface area is 153 Å². The van der Waals surface area contributed by atoms with Crippen molar-refractivity contribution in [2.75, 3.05) is 26.2 Å². The second kappa shape index (κ2) is 8.71. The molecule has 1 aliphatic heterocycles. The van der Waals surface area contributed by atoms with Crippen LogP contribution in [0.5, 0.6) is 0 Å². The quantitative estimate of drug-likeness (QED) is 0.723. The summed E-state index contributed by atoms with van der Waals surface area (Å²) in [6.07, 6.45) is -2.57. The fraction of sp³-hybridized carbons (Fsp3) is 0.667. The van der Waals surface area contributed by atoms with Gasteiger partial charge in [0.2, 0.25) is 10.0 Å². The minimum absolute atomic E-state index is 0.131. The predicted octanol–water partition coefficient (Wildman–Crippen LogP) is 3.49. The molecule has 1 N–H and O–H groups in total. The van der Waals surface area contributed by atoms with Crippen LogP contribution in [0.25, 0.3) is 0 Å². The Kier molecular flexibility index (Phi) is 7.10. The topological polar surface area (TPSA) is 49.4 Å². The summed E-state index contributed by atoms with van der Waals surface area (Å²) in [4.78, 5) is 2.35. The number of hydrogen-bond acceptors (Lipinski definition) is 3. The lowest BCUT2D eigenvalue weighted by Gasteiger charge is -2.34. The van der Waals surface area contributed by atoms with Crippen LogP contribution in [0.3, 0.4) is 0 Å². The van der Waals surface area contributed by atoms with Gasteiger partial charge in [0.1, 0.15) is 0 Å². The molecule has 0 amide bonds. The summed E-state index contributed by atoms with van der Waals surface area (Å²) in [5.74, 6) is 0.849. The lowest BCUT2D eigenvalue weighted by Crippen LogP contribution is -2.40. The average molecular weight is 392 g/mol. The van der Waals surface area contributed by atoms with Crippen molar-refractivity contribution in [2.45, 2.75) is 38.6 Å². The van der Waals surface area contributed by atoms with Crippen molar-refractivity contribution in [2.24, 2.45) is 11.8 Å². The number of rotatable bonds is 7. The molecule has 148 valence electrons. The van der Waals surface area contributed by atoms with Crippen molar-refractivity contribution in [1.82, 2.24) is 9.62 Å². The molecule has 4 nitrogen and oxygen atoms in total. The van der Waals surface area contributed by atoms with Gasteiger partial charge in [-0.1, -0.05) is 32.0 Å². The van der Waals surface area contributed by atoms with Gasteiger partial charge in [0, 0.05) is 19.6 Å². The van der Waals surface area contributed by atoms with Gasteiger partial charge in [-0.25, -0.2) is 13.1 Å². The summed E-state index contributed by atoms with van der Waals surface area (Å²) in [5.41, 5.74) is -0.704. The van der Waals surface area contributed by atoms with E-state index in [4.69, 9.17) is 0 Å². The van der Waals surface area contributed by atoms with Gasteiger partial charge in [-0.15, -0.1) is 0 Å². The first-order valence-electron chi connectivity index (χ1n) is 8.91. The Balaban J connectivity index is 1.80. The van der Waals surface area contributed by atoms with E-state index in [-0.39, 0.29) is 5.56 Å². The van der Waals surface area contributed by atoms with Gasteiger partial charge < -0.3 is 4.90 Å². The first kappa shape index (κ1) is 21.2. The van der Waals surface area contributed by atoms with E-state index in [0.717, 1.165) is 31.8 Å². The van der Waals surface area contributed by atoms with Gasteiger partial charge in [0.15, 0.2) is 0 Å². The first-order chi connectivity index (χ1) is 12.0. The molecule has 26 heavy (non-hydrogen) atoms. The van der Waals surface area contributed by atoms with Crippen LogP contribution in [0.2, 0.25) is 0 Å². The van der Waals surface area contributed by atoms with Crippen molar-refractivity contribution in [3.05, 3.63) is 35.4 Å². The van der Waals surface area contributed by atoms with Crippen LogP contribution >= 0.6 is 0 Å². The lowest BCUT2D eigenvalue weighted by molar-refractivity contribution is -0.137. The zero-order chi connectivity index (χ0) is 19.4. The maximum atomic E-state index is 12.7. The SMILES string of the molecule is CC1CC(C)CN(CCCNS(=O)(=O)Cc2cccc(C(F)(F)F)c2)C1. The van der Waals surface area contributed by atoms with E-state index < -0.39 is 27.5 Å². The summed E-state index contributed by atoms with van der Waals surface area (Å²) in [6.45, 7) is 7.62. The molecule has 0 radical (unpaired) electrons. The fourth-order valence-corrected chi connectivity index (χ4v) is 4.79. The highest BCUT2D eigenvalue weighted by molar-refractivity contribution is 7.88. The van der Waals surface area contributed by atoms with Crippen molar-refractivity contribution >= 4 is 10.0 Å². The van der Waals surface area contributed by atoms with Crippen LogP contribution in [-0.4, -0.2) is 39.5 Å². The van der Waals surface area contributed by atoms with E-state index in [1.54, 1.807) is 0 Å². The van der Waals surface area contributed by atoms with Crippen molar-refractivity contribution in [3.63, 3.8) is 0 Å². The van der Waals surface area contributed by atoms with E-state index in [0.29, 0.717) is 24.8 Å². The Morgan fingerprint density at radius 3 is 2.46 bits per heavy atom. The number of nitrogens with one attached hydrogen (secondary N) is 1. The van der Waals surface area contributed by atoms with Crippen molar-refractivity contribution in [3.8, 4) is 0 Å². The van der Waals surface area contributed by atoms with Gasteiger partial charge >= 0.3 is 6.18 Å². The minimum Gasteiger partial charge on any atom is -0.303 e. The Morgan fingerprint density at radius 1 is 1.19 bits per heavy atom. The number of hydrogen-bond donors (Lipinski definition) is 1. The molecule has 2 unspecified atom stereocenters. The van der Waals surface area contributed by atoms with Gasteiger partial charge in [-0.3, -0.25) is 0 Å². The van der Waals surface area contributed by atoms with Gasteiger partial charge in [0.25, 0.3) is 0 Å². The molecule has 0 spiro atoms. The highest BCUT2D eigenvalue weighted by Crippen LogP contribution is 2.29. The molecule has 1 saturated heterocycles. The summed E-state index contributed by atoms with van der Waals surface area (Å²) < 4.78 is 64.8. The summed E-state index contributed by atoms with van der Waals surface area (Å²) in [7, 11) is -3.66. The number of piperidine rings is 1. The molecule has 0 saturated carbocycles. The van der Waals surface area contributed by atoms with Crippen LogP contribution in [0, 0.1) is 11.8 Å². The maximum absolute atomic E-state index is 12.7. The fourth-order valence-electron chi connectivity index (χ4n) is 3.61. The molecule has 1 heterocycles. The smallest absolute Gasteiger partial charge is 0.303 e. The molecule has 0 bridgehead atoms. The van der Waals surface area contributed by atoms with Crippen molar-refractivity contribution < 1.29 is 21.6 Å². The van der Waals surface area contributed by atoms with E-state index >= 15 is 0 Å². The van der Waals surface area contributed by atoms with Gasteiger partial charge in [-0.2, -0.15) is 13.2 Å². The third-order valence-corrected chi connectivity index (χ3v) is 5.89. The van der Waals surface area contributed by atoms with Crippen LogP contribution < -0.4 is 4.72 Å². The number of alkyl halides is 3. The first-order valence-corrected chi connectivity index (χ1v) is 10.6. The number of benzene rings is 1. The van der Waals surface area contributed by atoms with Crippen LogP contribution in [0.4, 0.5) is 13.2 Å². The number of likely N-dealkylation sites (tertiary alicyclic amines) is 1. The lowest BCUT2D eigenvalue weighted by atomic mass is 9.92. The van der Waals surface area contributed by atoms with E-state index in [9.17, 15) is 21.6 Å². The third kappa shape index (κ3) is 6.89. The third-order valence-electron chi connectivity index (χ3n) is 4.53. The molecule has 1 fully saturated rings. The second-order valence-electron chi connectivity index (χ2n) is 7.41. The predicted molar refractivity (Wildman–Crippen MR) is 96.1 cm³/mol. The zero-order valence-electron chi connectivity index (χ0n) is 15.2. The largest absolute Gasteiger partial charge is 0.416 e. The number of sulfonamides is 1. The standard InChI is InChI=1S/C18H27F3N2O2S/c1-14-9-15(2)12-23(11-14)8-4-7-22-26(24,25)13-16-5-3-6-17(10-16)18(19,20)21/h3,5-6,10,14-15,22H,4,7-9,11-13H2,1-2H3. The highest BCUT2D eigenvalue weighted by atomic mass is 32.2. The monoisotopic (exact) mass is 392 g/mol. The van der Waals surface area contributed by atoms with Crippen LogP contribution in [0.1, 0.15) is 37.8 Å². The highest BCUT2D eigenvalue weighted by Gasteiger charge is 2.30.